The van der Waals surface area contributed by atoms with Gasteiger partial charge in [0.15, 0.2) is 0 Å². The minimum Gasteiger partial charge on any atom is -0.376 e. The number of rotatable bonds is 5. The van der Waals surface area contributed by atoms with Crippen molar-refractivity contribution in [1.82, 2.24) is 0 Å². The third kappa shape index (κ3) is 4.25. The zero-order valence-electron chi connectivity index (χ0n) is 12.0. The topological polar surface area (TPSA) is 35.2 Å². The summed E-state index contributed by atoms with van der Waals surface area (Å²) >= 11 is 0. The van der Waals surface area contributed by atoms with E-state index in [2.05, 4.69) is 0 Å². The summed E-state index contributed by atoms with van der Waals surface area (Å²) in [6.07, 6.45) is -0.128. The van der Waals surface area contributed by atoms with Crippen molar-refractivity contribution in [2.75, 3.05) is 6.61 Å². The molecule has 2 atom stereocenters. The molecule has 1 aromatic carbocycles. The maximum absolute atomic E-state index is 13.6. The second kappa shape index (κ2) is 6.44. The molecule has 0 aliphatic heterocycles. The fourth-order valence-corrected chi connectivity index (χ4v) is 2.27. The largest absolute Gasteiger partial charge is 0.376 e. The molecule has 0 bridgehead atoms. The first kappa shape index (κ1) is 16.1. The van der Waals surface area contributed by atoms with Crippen molar-refractivity contribution in [2.45, 2.75) is 46.3 Å². The lowest BCUT2D eigenvalue weighted by atomic mass is 9.82. The molecule has 0 spiro atoms. The summed E-state index contributed by atoms with van der Waals surface area (Å²) in [6, 6.07) is 3.39. The van der Waals surface area contributed by atoms with Crippen LogP contribution < -0.4 is 5.73 Å². The number of nitrogens with two attached hydrogens (primary N) is 1. The predicted molar refractivity (Wildman–Crippen MR) is 72.9 cm³/mol. The van der Waals surface area contributed by atoms with E-state index in [0.717, 1.165) is 0 Å². The molecule has 19 heavy (non-hydrogen) atoms. The second-order valence-electron chi connectivity index (χ2n) is 5.81. The van der Waals surface area contributed by atoms with Crippen LogP contribution in [0.2, 0.25) is 0 Å². The van der Waals surface area contributed by atoms with Crippen LogP contribution >= 0.6 is 0 Å². The van der Waals surface area contributed by atoms with Crippen LogP contribution in [0.1, 0.15) is 33.3 Å². The van der Waals surface area contributed by atoms with E-state index in [-0.39, 0.29) is 23.5 Å². The Balaban J connectivity index is 2.90. The standard InChI is InChI=1S/C15H23F2NO/c1-5-19-14(15(2,3)4)13(18)9-10-11(16)7-6-8-12(10)17/h6-8,13-14H,5,9,18H2,1-4H3. The summed E-state index contributed by atoms with van der Waals surface area (Å²) in [7, 11) is 0. The van der Waals surface area contributed by atoms with E-state index < -0.39 is 17.7 Å². The molecule has 0 aromatic heterocycles. The minimum absolute atomic E-state index is 0.0314. The van der Waals surface area contributed by atoms with Crippen molar-refractivity contribution in [2.24, 2.45) is 11.1 Å². The molecule has 0 saturated carbocycles. The molecule has 1 rings (SSSR count). The highest BCUT2D eigenvalue weighted by Crippen LogP contribution is 2.26. The number of hydrogen-bond acceptors (Lipinski definition) is 2. The Kier molecular flexibility index (Phi) is 5.44. The van der Waals surface area contributed by atoms with Crippen LogP contribution in [0.4, 0.5) is 8.78 Å². The normalized spacial score (nSPS) is 15.3. The summed E-state index contributed by atoms with van der Waals surface area (Å²) in [4.78, 5) is 0. The number of hydrogen-bond donors (Lipinski definition) is 1. The maximum Gasteiger partial charge on any atom is 0.129 e. The van der Waals surface area contributed by atoms with E-state index >= 15 is 0 Å². The van der Waals surface area contributed by atoms with Crippen molar-refractivity contribution in [3.05, 3.63) is 35.4 Å². The van der Waals surface area contributed by atoms with Crippen LogP contribution in [0.3, 0.4) is 0 Å². The first-order valence-electron chi connectivity index (χ1n) is 6.57. The van der Waals surface area contributed by atoms with Gasteiger partial charge in [-0.25, -0.2) is 8.78 Å². The van der Waals surface area contributed by atoms with Crippen molar-refractivity contribution in [3.63, 3.8) is 0 Å². The molecular weight excluding hydrogens is 248 g/mol. The fraction of sp³-hybridized carbons (Fsp3) is 0.600. The highest BCUT2D eigenvalue weighted by atomic mass is 19.1. The minimum atomic E-state index is -0.556. The number of ether oxygens (including phenoxy) is 1. The van der Waals surface area contributed by atoms with Gasteiger partial charge in [-0.2, -0.15) is 0 Å². The van der Waals surface area contributed by atoms with E-state index in [9.17, 15) is 8.78 Å². The Labute approximate surface area is 114 Å². The average molecular weight is 271 g/mol. The Morgan fingerprint density at radius 1 is 1.21 bits per heavy atom. The molecule has 0 fully saturated rings. The first-order chi connectivity index (χ1) is 8.77. The molecule has 0 heterocycles. The van der Waals surface area contributed by atoms with Gasteiger partial charge in [0, 0.05) is 18.2 Å². The van der Waals surface area contributed by atoms with Gasteiger partial charge < -0.3 is 10.5 Å². The van der Waals surface area contributed by atoms with E-state index in [4.69, 9.17) is 10.5 Å². The number of benzene rings is 1. The molecule has 1 aromatic rings. The summed E-state index contributed by atoms with van der Waals surface area (Å²) in [5, 5.41) is 0. The van der Waals surface area contributed by atoms with Gasteiger partial charge in [-0.05, 0) is 30.9 Å². The molecule has 108 valence electrons. The maximum atomic E-state index is 13.6. The van der Waals surface area contributed by atoms with Gasteiger partial charge in [0.1, 0.15) is 11.6 Å². The molecule has 2 nitrogen and oxygen atoms in total. The van der Waals surface area contributed by atoms with E-state index in [1.165, 1.54) is 18.2 Å². The molecule has 2 unspecified atom stereocenters. The summed E-state index contributed by atoms with van der Waals surface area (Å²) in [5.74, 6) is -1.11. The molecule has 0 amide bonds. The highest BCUT2D eigenvalue weighted by molar-refractivity contribution is 5.21. The average Bonchev–Trinajstić information content (AvgIpc) is 2.29. The first-order valence-corrected chi connectivity index (χ1v) is 6.57. The number of halogens is 2. The lowest BCUT2D eigenvalue weighted by Gasteiger charge is -2.35. The Hall–Kier alpha value is -1.00. The molecule has 0 saturated heterocycles. The SMILES string of the molecule is CCOC(C(N)Cc1c(F)cccc1F)C(C)(C)C. The summed E-state index contributed by atoms with van der Waals surface area (Å²) in [5.41, 5.74) is 5.95. The van der Waals surface area contributed by atoms with Crippen LogP contribution in [-0.2, 0) is 11.2 Å². The van der Waals surface area contributed by atoms with Crippen LogP contribution in [-0.4, -0.2) is 18.8 Å². The Morgan fingerprint density at radius 2 is 1.74 bits per heavy atom. The zero-order chi connectivity index (χ0) is 14.6. The van der Waals surface area contributed by atoms with E-state index in [1.54, 1.807) is 0 Å². The van der Waals surface area contributed by atoms with Crippen molar-refractivity contribution in [1.29, 1.82) is 0 Å². The predicted octanol–water partition coefficient (Wildman–Crippen LogP) is 3.29. The van der Waals surface area contributed by atoms with Crippen molar-refractivity contribution in [3.8, 4) is 0 Å². The monoisotopic (exact) mass is 271 g/mol. The quantitative estimate of drug-likeness (QED) is 0.892. The van der Waals surface area contributed by atoms with Gasteiger partial charge >= 0.3 is 0 Å². The molecule has 2 N–H and O–H groups in total. The third-order valence-electron chi connectivity index (χ3n) is 3.09. The Bertz CT molecular complexity index is 395. The second-order valence-corrected chi connectivity index (χ2v) is 5.81. The smallest absolute Gasteiger partial charge is 0.129 e. The van der Waals surface area contributed by atoms with Crippen LogP contribution in [0.5, 0.6) is 0 Å². The molecular formula is C15H23F2NO. The van der Waals surface area contributed by atoms with Gasteiger partial charge in [-0.1, -0.05) is 26.8 Å². The van der Waals surface area contributed by atoms with E-state index in [1.807, 2.05) is 27.7 Å². The summed E-state index contributed by atoms with van der Waals surface area (Å²) < 4.78 is 32.9. The van der Waals surface area contributed by atoms with Crippen LogP contribution in [0.25, 0.3) is 0 Å². The Morgan fingerprint density at radius 3 is 2.16 bits per heavy atom. The van der Waals surface area contributed by atoms with Crippen molar-refractivity contribution < 1.29 is 13.5 Å². The molecule has 0 aliphatic carbocycles. The zero-order valence-corrected chi connectivity index (χ0v) is 12.0. The van der Waals surface area contributed by atoms with Gasteiger partial charge in [0.05, 0.1) is 6.10 Å². The molecule has 0 aliphatic rings. The van der Waals surface area contributed by atoms with Gasteiger partial charge in [-0.15, -0.1) is 0 Å². The van der Waals surface area contributed by atoms with Crippen molar-refractivity contribution >= 4 is 0 Å². The lowest BCUT2D eigenvalue weighted by Crippen LogP contribution is -2.46. The third-order valence-corrected chi connectivity index (χ3v) is 3.09. The lowest BCUT2D eigenvalue weighted by molar-refractivity contribution is -0.0276. The van der Waals surface area contributed by atoms with Crippen LogP contribution in [0.15, 0.2) is 18.2 Å². The van der Waals surface area contributed by atoms with Crippen LogP contribution in [0, 0.1) is 17.0 Å². The molecule has 4 heteroatoms. The highest BCUT2D eigenvalue weighted by Gasteiger charge is 2.31. The van der Waals surface area contributed by atoms with Gasteiger partial charge in [0.25, 0.3) is 0 Å². The fourth-order valence-electron chi connectivity index (χ4n) is 2.27. The summed E-state index contributed by atoms with van der Waals surface area (Å²) in [6.45, 7) is 8.42. The van der Waals surface area contributed by atoms with E-state index in [0.29, 0.717) is 6.61 Å². The molecule has 0 radical (unpaired) electrons. The van der Waals surface area contributed by atoms with Gasteiger partial charge in [-0.3, -0.25) is 0 Å². The van der Waals surface area contributed by atoms with Gasteiger partial charge in [0.2, 0.25) is 0 Å².